The van der Waals surface area contributed by atoms with Crippen LogP contribution >= 0.6 is 34.8 Å². The number of halogens is 11. The maximum Gasteiger partial charge on any atom is 0.417 e. The second-order valence-corrected chi connectivity index (χ2v) is 30.6. The molecule has 39 heteroatoms. The number of hydrogen-bond acceptors (Lipinski definition) is 12. The maximum absolute atomic E-state index is 13.2. The van der Waals surface area contributed by atoms with Gasteiger partial charge >= 0.3 is 60.6 Å². The van der Waals surface area contributed by atoms with E-state index in [1.807, 2.05) is 0 Å². The highest BCUT2D eigenvalue weighted by Crippen LogP contribution is 2.48. The minimum absolute atomic E-state index is 0.00221. The number of aryl methyl sites for hydroxylation is 2. The van der Waals surface area contributed by atoms with E-state index in [0.29, 0.717) is 59.5 Å². The van der Waals surface area contributed by atoms with Gasteiger partial charge in [-0.1, -0.05) is 46.9 Å². The van der Waals surface area contributed by atoms with E-state index < -0.39 is 172 Å². The zero-order valence-electron chi connectivity index (χ0n) is 65.5. The summed E-state index contributed by atoms with van der Waals surface area (Å²) >= 11 is 17.7. The van der Waals surface area contributed by atoms with Gasteiger partial charge in [-0.05, 0) is 202 Å². The molecule has 8 heterocycles. The minimum atomic E-state index is -4.74. The predicted octanol–water partition coefficient (Wildman–Crippen LogP) is 10.0. The number of imide groups is 4. The Morgan fingerprint density at radius 2 is 0.730 bits per heavy atom. The molecule has 8 fully saturated rings. The molecule has 594 valence electrons. The van der Waals surface area contributed by atoms with Gasteiger partial charge in [0.15, 0.2) is 0 Å². The summed E-state index contributed by atoms with van der Waals surface area (Å²) in [5.41, 5.74) is -3.65. The van der Waals surface area contributed by atoms with Gasteiger partial charge in [-0.2, -0.15) is 26.3 Å². The number of urea groups is 8. The topological polar surface area (TPSA) is 362 Å². The van der Waals surface area contributed by atoms with Crippen molar-refractivity contribution in [3.8, 4) is 0 Å². The predicted molar refractivity (Wildman–Crippen MR) is 378 cm³/mol. The van der Waals surface area contributed by atoms with Crippen molar-refractivity contribution < 1.29 is 101 Å². The fourth-order valence-corrected chi connectivity index (χ4v) is 15.9. The van der Waals surface area contributed by atoms with Crippen molar-refractivity contribution in [1.82, 2.24) is 83.4 Å². The summed E-state index contributed by atoms with van der Waals surface area (Å²) in [6.07, 6.45) is -6.13. The Kier molecular flexibility index (Phi) is 18.8. The van der Waals surface area contributed by atoms with Gasteiger partial charge in [0.2, 0.25) is 0 Å². The summed E-state index contributed by atoms with van der Waals surface area (Å²) in [4.78, 5) is 151. The van der Waals surface area contributed by atoms with Crippen LogP contribution in [0.5, 0.6) is 0 Å². The van der Waals surface area contributed by atoms with Crippen molar-refractivity contribution >= 4 is 107 Å². The molecule has 0 aromatic heterocycles. The molecule has 28 nitrogen and oxygen atoms in total. The Morgan fingerprint density at radius 1 is 0.441 bits per heavy atom. The first-order valence-electron chi connectivity index (χ1n) is 38.3. The van der Waals surface area contributed by atoms with Crippen molar-refractivity contribution in [1.29, 1.82) is 0 Å². The smallest absolute Gasteiger partial charge is 0.335 e. The molecule has 1 unspecified atom stereocenters. The molecule has 0 spiro atoms. The van der Waals surface area contributed by atoms with Crippen molar-refractivity contribution in [2.24, 2.45) is 23.7 Å². The van der Waals surface area contributed by atoms with Crippen LogP contribution in [0.25, 0.3) is 0 Å². The molecule has 8 aliphatic heterocycles. The van der Waals surface area contributed by atoms with E-state index >= 15 is 0 Å². The average Bonchev–Trinajstić information content (AvgIpc) is 1.58. The van der Waals surface area contributed by atoms with Crippen LogP contribution in [-0.4, -0.2) is 140 Å². The third-order valence-electron chi connectivity index (χ3n) is 22.0. The van der Waals surface area contributed by atoms with E-state index in [2.05, 4.69) is 63.8 Å². The minimum Gasteiger partial charge on any atom is -0.335 e. The molecule has 4 aliphatic carbocycles. The van der Waals surface area contributed by atoms with Crippen LogP contribution in [0.1, 0.15) is 177 Å². The van der Waals surface area contributed by atoms with Crippen LogP contribution in [0.15, 0.2) is 48.5 Å². The van der Waals surface area contributed by atoms with Crippen LogP contribution in [0.2, 0.25) is 15.1 Å². The van der Waals surface area contributed by atoms with E-state index in [0.717, 1.165) is 75.8 Å². The highest BCUT2D eigenvalue weighted by molar-refractivity contribution is 6.32. The van der Waals surface area contributed by atoms with Gasteiger partial charge in [0.25, 0.3) is 30.1 Å². The Bertz CT molecular complexity index is 4790. The summed E-state index contributed by atoms with van der Waals surface area (Å²) in [6.45, 7) is 0.936. The van der Waals surface area contributed by atoms with Crippen molar-refractivity contribution in [3.05, 3.63) is 136 Å². The quantitative estimate of drug-likeness (QED) is 0.0439. The number of carbonyl (C=O) groups excluding carboxylic acids is 12. The van der Waals surface area contributed by atoms with Crippen molar-refractivity contribution in [2.45, 2.75) is 178 Å². The summed E-state index contributed by atoms with van der Waals surface area (Å²) in [5, 5.41) is 28.7. The molecular formula is C72H77Cl3F8N16O12. The molecule has 0 radical (unpaired) electrons. The summed E-state index contributed by atoms with van der Waals surface area (Å²) in [5.74, 6) is -2.40. The highest BCUT2D eigenvalue weighted by atomic mass is 35.5. The lowest BCUT2D eigenvalue weighted by Crippen LogP contribution is -2.58. The first kappa shape index (κ1) is 71.4. The molecule has 4 saturated carbocycles. The molecule has 20 amide bonds. The van der Waals surface area contributed by atoms with Crippen LogP contribution in [0, 0.1) is 37.5 Å². The monoisotopic (exact) mass is 1620 g/mol. The normalized spacial score (nSPS) is 28.1. The fraction of sp³-hybridized carbons (Fsp3) is 0.500. The zero-order chi connectivity index (χ0) is 85.6. The van der Waals surface area contributed by atoms with Gasteiger partial charge in [0.1, 0.15) is 22.2 Å². The second-order valence-electron chi connectivity index (χ2n) is 29.4. The Balaban J connectivity index is 0.000000136. The summed E-state index contributed by atoms with van der Waals surface area (Å²) in [6, 6.07) is 1.82. The van der Waals surface area contributed by atoms with Crippen LogP contribution in [-0.2, 0) is 64.1 Å². The Morgan fingerprint density at radius 3 is 1.02 bits per heavy atom. The van der Waals surface area contributed by atoms with Crippen LogP contribution in [0.3, 0.4) is 0 Å². The number of benzene rings is 4. The molecule has 4 aromatic carbocycles. The lowest BCUT2D eigenvalue weighted by atomic mass is 9.93. The van der Waals surface area contributed by atoms with E-state index in [1.165, 1.54) is 24.8 Å². The zero-order valence-corrected chi connectivity index (χ0v) is 61.8. The van der Waals surface area contributed by atoms with Gasteiger partial charge in [0.05, 0.1) is 73.7 Å². The van der Waals surface area contributed by atoms with Gasteiger partial charge in [-0.25, -0.2) is 47.1 Å². The first-order valence-corrected chi connectivity index (χ1v) is 36.4. The molecule has 4 saturated heterocycles. The number of alkyl halides is 8. The van der Waals surface area contributed by atoms with Gasteiger partial charge in [-0.3, -0.25) is 40.4 Å². The molecule has 7 atom stereocenters. The fourth-order valence-electron chi connectivity index (χ4n) is 15.2. The number of hydrogen-bond donors (Lipinski definition) is 12. The van der Waals surface area contributed by atoms with Gasteiger partial charge in [-0.15, -0.1) is 0 Å². The Hall–Kier alpha value is -9.97. The molecule has 4 aromatic rings. The van der Waals surface area contributed by atoms with E-state index in [1.54, 1.807) is 39.0 Å². The standard InChI is InChI=1S/2C18H18ClF3N4O3.C18H21ClN4O3.C18H20F2N4O3/c2*1-8-11-5-12(18(20,21)22)13(19)4-9(11)6-26(8)16(29)23-7-17(10-2-3-10)14(27)24-15(28)25-17;1-9-5-11-7-23(10(2)13(11)6-14(9)19)17(26)20-8-18(12-3-4-12)15(24)21-16(25)22-18;1-9-4-10-6-24(7-11(10)5-13(9)14(19)20)17(27)21-8-18(12-2-3-12)15(25)22-16(26)23-18/h2*4-5,8,10H,2-3,6-7H2,1H3,(H,23,29)(H2,24,25,27,28);5-6,10,12H,3-4,7-8H2,1-2H3,(H,20,26)(H2,21,22,24,25);4-5,12,14H,2-3,6-8H2,1H3,(H,21,27)(H2,22,23,25,26)/t8-,17+;8-,17-;10?,18-;18-/m1000/s1/i2*6D2;7D2;. The number of carbonyl (C=O) groups is 12. The molecule has 12 N–H and O–H groups in total. The van der Waals surface area contributed by atoms with E-state index in [4.69, 9.17) is 43.0 Å². The largest absolute Gasteiger partial charge is 0.417 e. The third-order valence-corrected chi connectivity index (χ3v) is 23.0. The molecule has 12 aliphatic rings. The van der Waals surface area contributed by atoms with Gasteiger partial charge in [0, 0.05) is 43.2 Å². The maximum atomic E-state index is 13.2. The number of amides is 20. The van der Waals surface area contributed by atoms with E-state index in [-0.39, 0.29) is 84.2 Å². The lowest BCUT2D eigenvalue weighted by molar-refractivity contribution is -0.138. The number of fused-ring (bicyclic) bond motifs is 4. The SMILES string of the molecule is Cc1cc2c(cc1C(F)F)CN(C(=O)NC[C@@]1(C3CC3)NC(=O)NC1=O)C2.[2H]C1([2H])c2cc(C)c(Cl)cc2C(C)N1C(=O)NC[C@@]1(C2CC2)NC(=O)NC1=O.[2H]C1([2H])c2cc(Cl)c(C(F)(F)F)cc2[C@@H](C)N1C(=O)NC[C@@]1(C2CC2)NC(=O)NC1=O.[2H]C1([2H])c2cc(Cl)c(C(F)(F)F)cc2[C@H](C)N1C(=O)NC[C@@]1(C2CC2)NC(=O)NC1=O. The molecule has 16 rings (SSSR count). The van der Waals surface area contributed by atoms with Gasteiger partial charge < -0.3 is 62.1 Å². The molecule has 0 bridgehead atoms. The second kappa shape index (κ2) is 29.3. The van der Waals surface area contributed by atoms with Crippen molar-refractivity contribution in [2.75, 3.05) is 26.2 Å². The van der Waals surface area contributed by atoms with E-state index in [9.17, 15) is 92.7 Å². The molecular weight excluding hydrogens is 1540 g/mol. The Labute approximate surface area is 651 Å². The highest BCUT2D eigenvalue weighted by Gasteiger charge is 2.60. The van der Waals surface area contributed by atoms with Crippen LogP contribution in [0.4, 0.5) is 73.5 Å². The van der Waals surface area contributed by atoms with Crippen molar-refractivity contribution in [3.63, 3.8) is 0 Å². The summed E-state index contributed by atoms with van der Waals surface area (Å²) < 4.78 is 156. The number of rotatable bonds is 13. The van der Waals surface area contributed by atoms with Crippen LogP contribution < -0.4 is 63.8 Å². The number of nitrogens with one attached hydrogen (secondary N) is 12. The summed E-state index contributed by atoms with van der Waals surface area (Å²) in [7, 11) is 0. The number of nitrogens with zero attached hydrogens (tertiary/aromatic N) is 4. The molecule has 111 heavy (non-hydrogen) atoms. The lowest BCUT2D eigenvalue weighted by Gasteiger charge is -2.29. The average molecular weight is 1620 g/mol. The third kappa shape index (κ3) is 15.4. The first-order chi connectivity index (χ1) is 54.4.